The Labute approximate surface area is 130 Å². The molecule has 0 saturated heterocycles. The molecule has 0 radical (unpaired) electrons. The Bertz CT molecular complexity index is 649. The minimum atomic E-state index is -0.150. The van der Waals surface area contributed by atoms with Gasteiger partial charge in [0.15, 0.2) is 0 Å². The molecule has 1 heterocycles. The van der Waals surface area contributed by atoms with E-state index in [0.717, 1.165) is 41.0 Å². The number of aliphatic hydroxyl groups excluding tert-OH is 1. The second-order valence-corrected chi connectivity index (χ2v) is 5.41. The lowest BCUT2D eigenvalue weighted by Crippen LogP contribution is -2.17. The van der Waals surface area contributed by atoms with Crippen LogP contribution in [0.25, 0.3) is 0 Å². The van der Waals surface area contributed by atoms with Gasteiger partial charge in [0.25, 0.3) is 0 Å². The Balaban J connectivity index is 1.84. The van der Waals surface area contributed by atoms with Crippen molar-refractivity contribution in [3.05, 3.63) is 71.8 Å². The van der Waals surface area contributed by atoms with E-state index in [1.807, 2.05) is 48.5 Å². The van der Waals surface area contributed by atoms with Gasteiger partial charge in [0, 0.05) is 17.5 Å². The molecule has 0 spiro atoms. The molecule has 0 bridgehead atoms. The van der Waals surface area contributed by atoms with Crippen LogP contribution in [0.15, 0.2) is 55.1 Å². The zero-order chi connectivity index (χ0) is 15.4. The average molecular weight is 296 g/mol. The molecule has 0 fully saturated rings. The highest BCUT2D eigenvalue weighted by atomic mass is 16.5. The van der Waals surface area contributed by atoms with Crippen molar-refractivity contribution >= 4 is 0 Å². The predicted molar refractivity (Wildman–Crippen MR) is 86.3 cm³/mol. The highest BCUT2D eigenvalue weighted by Gasteiger charge is 2.26. The van der Waals surface area contributed by atoms with E-state index in [-0.39, 0.29) is 12.7 Å². The molecule has 0 amide bonds. The summed E-state index contributed by atoms with van der Waals surface area (Å²) in [5, 5.41) is 9.30. The molecule has 22 heavy (non-hydrogen) atoms. The van der Waals surface area contributed by atoms with Crippen molar-refractivity contribution in [2.75, 3.05) is 6.61 Å². The lowest BCUT2D eigenvalue weighted by molar-refractivity contribution is 0.134. The van der Waals surface area contributed by atoms with Crippen LogP contribution < -0.4 is 9.47 Å². The van der Waals surface area contributed by atoms with Crippen molar-refractivity contribution in [1.82, 2.24) is 0 Å². The molecule has 3 rings (SSSR count). The van der Waals surface area contributed by atoms with Crippen molar-refractivity contribution in [3.63, 3.8) is 0 Å². The Morgan fingerprint density at radius 3 is 2.77 bits per heavy atom. The van der Waals surface area contributed by atoms with Gasteiger partial charge in [-0.15, -0.1) is 6.58 Å². The van der Waals surface area contributed by atoms with Crippen LogP contribution in [0, 0.1) is 0 Å². The second-order valence-electron chi connectivity index (χ2n) is 5.41. The lowest BCUT2D eigenvalue weighted by Gasteiger charge is -2.13. The van der Waals surface area contributed by atoms with Gasteiger partial charge in [0.1, 0.15) is 24.2 Å². The van der Waals surface area contributed by atoms with Crippen LogP contribution in [0.4, 0.5) is 0 Å². The molecule has 0 saturated carbocycles. The van der Waals surface area contributed by atoms with Gasteiger partial charge in [-0.05, 0) is 24.1 Å². The zero-order valence-corrected chi connectivity index (χ0v) is 12.5. The third-order valence-electron chi connectivity index (χ3n) is 3.86. The molecule has 1 aliphatic rings. The fraction of sp³-hybridized carbons (Fsp3) is 0.263. The molecule has 2 aromatic carbocycles. The van der Waals surface area contributed by atoms with E-state index in [4.69, 9.17) is 9.47 Å². The van der Waals surface area contributed by atoms with Gasteiger partial charge in [-0.2, -0.15) is 0 Å². The Kier molecular flexibility index (Phi) is 4.45. The van der Waals surface area contributed by atoms with Gasteiger partial charge >= 0.3 is 0 Å². The lowest BCUT2D eigenvalue weighted by atomic mass is 9.99. The monoisotopic (exact) mass is 296 g/mol. The topological polar surface area (TPSA) is 38.7 Å². The molecule has 3 nitrogen and oxygen atoms in total. The fourth-order valence-corrected chi connectivity index (χ4v) is 2.77. The zero-order valence-electron chi connectivity index (χ0n) is 12.5. The molecule has 0 aromatic heterocycles. The number of rotatable bonds is 6. The number of allylic oxidation sites excluding steroid dienone is 1. The molecule has 1 aliphatic heterocycles. The SMILES string of the molecule is C=CCc1c(OCc2ccccc2)ccc2c1CC(CO)O2. The third-order valence-corrected chi connectivity index (χ3v) is 3.86. The Morgan fingerprint density at radius 1 is 1.23 bits per heavy atom. The highest BCUT2D eigenvalue weighted by molar-refractivity contribution is 5.52. The van der Waals surface area contributed by atoms with Crippen LogP contribution in [-0.2, 0) is 19.4 Å². The number of aliphatic hydroxyl groups is 1. The summed E-state index contributed by atoms with van der Waals surface area (Å²) in [4.78, 5) is 0. The third kappa shape index (κ3) is 3.00. The predicted octanol–water partition coefficient (Wildman–Crippen LogP) is 3.29. The van der Waals surface area contributed by atoms with Gasteiger partial charge in [-0.3, -0.25) is 0 Å². The van der Waals surface area contributed by atoms with Crippen molar-refractivity contribution < 1.29 is 14.6 Å². The maximum Gasteiger partial charge on any atom is 0.126 e. The van der Waals surface area contributed by atoms with E-state index in [9.17, 15) is 5.11 Å². The minimum Gasteiger partial charge on any atom is -0.489 e. The first kappa shape index (κ1) is 14.7. The smallest absolute Gasteiger partial charge is 0.126 e. The largest absolute Gasteiger partial charge is 0.489 e. The van der Waals surface area contributed by atoms with Gasteiger partial charge in [-0.25, -0.2) is 0 Å². The minimum absolute atomic E-state index is 0.0302. The first-order valence-corrected chi connectivity index (χ1v) is 7.51. The van der Waals surface area contributed by atoms with E-state index >= 15 is 0 Å². The van der Waals surface area contributed by atoms with E-state index in [1.54, 1.807) is 0 Å². The number of fused-ring (bicyclic) bond motifs is 1. The molecule has 3 heteroatoms. The molecule has 1 atom stereocenters. The normalized spacial score (nSPS) is 16.0. The summed E-state index contributed by atoms with van der Waals surface area (Å²) in [7, 11) is 0. The summed E-state index contributed by atoms with van der Waals surface area (Å²) < 4.78 is 11.7. The average Bonchev–Trinajstić information content (AvgIpc) is 2.99. The number of ether oxygens (including phenoxy) is 2. The quantitative estimate of drug-likeness (QED) is 0.831. The van der Waals surface area contributed by atoms with Crippen LogP contribution >= 0.6 is 0 Å². The number of hydrogen-bond donors (Lipinski definition) is 1. The summed E-state index contributed by atoms with van der Waals surface area (Å²) in [6, 6.07) is 14.0. The fourth-order valence-electron chi connectivity index (χ4n) is 2.77. The van der Waals surface area contributed by atoms with Crippen LogP contribution in [-0.4, -0.2) is 17.8 Å². The van der Waals surface area contributed by atoms with Crippen LogP contribution in [0.3, 0.4) is 0 Å². The number of benzene rings is 2. The van der Waals surface area contributed by atoms with Gasteiger partial charge in [0.05, 0.1) is 6.61 Å². The van der Waals surface area contributed by atoms with E-state index in [0.29, 0.717) is 6.61 Å². The van der Waals surface area contributed by atoms with Crippen molar-refractivity contribution in [2.24, 2.45) is 0 Å². The van der Waals surface area contributed by atoms with Crippen molar-refractivity contribution in [1.29, 1.82) is 0 Å². The van der Waals surface area contributed by atoms with Crippen LogP contribution in [0.1, 0.15) is 16.7 Å². The molecule has 1 unspecified atom stereocenters. The highest BCUT2D eigenvalue weighted by Crippen LogP contribution is 2.37. The Hall–Kier alpha value is -2.26. The van der Waals surface area contributed by atoms with Crippen LogP contribution in [0.2, 0.25) is 0 Å². The van der Waals surface area contributed by atoms with E-state index in [2.05, 4.69) is 6.58 Å². The maximum absolute atomic E-state index is 9.30. The molecular formula is C19H20O3. The summed E-state index contributed by atoms with van der Waals surface area (Å²) in [5.41, 5.74) is 3.38. The van der Waals surface area contributed by atoms with Crippen LogP contribution in [0.5, 0.6) is 11.5 Å². The number of hydrogen-bond acceptors (Lipinski definition) is 3. The first-order valence-electron chi connectivity index (χ1n) is 7.51. The molecule has 114 valence electrons. The second kappa shape index (κ2) is 6.67. The summed E-state index contributed by atoms with van der Waals surface area (Å²) in [6.45, 7) is 4.40. The first-order chi connectivity index (χ1) is 10.8. The van der Waals surface area contributed by atoms with Crippen molar-refractivity contribution in [3.8, 4) is 11.5 Å². The Morgan fingerprint density at radius 2 is 2.05 bits per heavy atom. The van der Waals surface area contributed by atoms with Gasteiger partial charge < -0.3 is 14.6 Å². The standard InChI is InChI=1S/C19H20O3/c1-2-6-16-17-11-15(12-20)22-19(17)10-9-18(16)21-13-14-7-4-3-5-8-14/h2-5,7-10,15,20H,1,6,11-13H2. The van der Waals surface area contributed by atoms with E-state index < -0.39 is 0 Å². The van der Waals surface area contributed by atoms with Crippen molar-refractivity contribution in [2.45, 2.75) is 25.6 Å². The van der Waals surface area contributed by atoms with Gasteiger partial charge in [0.2, 0.25) is 0 Å². The molecule has 1 N–H and O–H groups in total. The van der Waals surface area contributed by atoms with E-state index in [1.165, 1.54) is 0 Å². The summed E-state index contributed by atoms with van der Waals surface area (Å²) >= 11 is 0. The molecular weight excluding hydrogens is 276 g/mol. The summed E-state index contributed by atoms with van der Waals surface area (Å²) in [6.07, 6.45) is 3.17. The maximum atomic E-state index is 9.30. The molecule has 0 aliphatic carbocycles. The van der Waals surface area contributed by atoms with Gasteiger partial charge in [-0.1, -0.05) is 36.4 Å². The molecule has 2 aromatic rings. The summed E-state index contributed by atoms with van der Waals surface area (Å²) in [5.74, 6) is 1.72.